The maximum atomic E-state index is 12.7. The van der Waals surface area contributed by atoms with Gasteiger partial charge < -0.3 is 0 Å². The Morgan fingerprint density at radius 3 is 2.24 bits per heavy atom. The predicted molar refractivity (Wildman–Crippen MR) is 79.1 cm³/mol. The number of hydrogen-bond donors (Lipinski definition) is 0. The van der Waals surface area contributed by atoms with Crippen molar-refractivity contribution in [3.05, 3.63) is 30.0 Å². The molecule has 1 heterocycles. The molecule has 110 valence electrons. The van der Waals surface area contributed by atoms with Crippen LogP contribution in [0, 0.1) is 5.92 Å². The van der Waals surface area contributed by atoms with Crippen molar-refractivity contribution in [3.8, 4) is 0 Å². The molecule has 2 rings (SSSR count). The van der Waals surface area contributed by atoms with Crippen LogP contribution in [-0.2, 0) is 16.6 Å². The molecule has 0 fully saturated rings. The third-order valence-electron chi connectivity index (χ3n) is 3.59. The molecule has 0 saturated heterocycles. The summed E-state index contributed by atoms with van der Waals surface area (Å²) in [6.45, 7) is 3.31. The second-order valence-electron chi connectivity index (χ2n) is 4.93. The van der Waals surface area contributed by atoms with Crippen molar-refractivity contribution in [2.24, 2.45) is 13.0 Å². The average Bonchev–Trinajstić information content (AvgIpc) is 2.84. The van der Waals surface area contributed by atoms with Crippen LogP contribution in [-0.4, -0.2) is 27.1 Å². The van der Waals surface area contributed by atoms with Crippen LogP contribution in [0.1, 0.15) is 37.2 Å². The maximum absolute atomic E-state index is 12.7. The highest BCUT2D eigenvalue weighted by Gasteiger charge is 2.34. The molecule has 1 aromatic carbocycles. The third kappa shape index (κ3) is 2.63. The first kappa shape index (κ1) is 15.1. The van der Waals surface area contributed by atoms with Crippen molar-refractivity contribution in [1.29, 1.82) is 0 Å². The Bertz CT molecular complexity index is 699. The fourth-order valence-electron chi connectivity index (χ4n) is 2.41. The highest BCUT2D eigenvalue weighted by atomic mass is 16.2. The monoisotopic (exact) mass is 286 g/mol. The van der Waals surface area contributed by atoms with Gasteiger partial charge in [-0.3, -0.25) is 19.1 Å². The van der Waals surface area contributed by atoms with Gasteiger partial charge in [-0.15, -0.1) is 0 Å². The van der Waals surface area contributed by atoms with Crippen molar-refractivity contribution in [2.75, 3.05) is 0 Å². The Labute approximate surface area is 122 Å². The van der Waals surface area contributed by atoms with E-state index in [0.29, 0.717) is 5.39 Å². The van der Waals surface area contributed by atoms with E-state index in [4.69, 9.17) is 0 Å². The summed E-state index contributed by atoms with van der Waals surface area (Å²) >= 11 is 0. The van der Waals surface area contributed by atoms with Gasteiger partial charge in [0.25, 0.3) is 0 Å². The summed E-state index contributed by atoms with van der Waals surface area (Å²) in [6, 6.07) is 7.28. The van der Waals surface area contributed by atoms with Crippen molar-refractivity contribution in [1.82, 2.24) is 9.78 Å². The van der Waals surface area contributed by atoms with Crippen LogP contribution in [0.5, 0.6) is 0 Å². The lowest BCUT2D eigenvalue weighted by atomic mass is 9.89. The fourth-order valence-corrected chi connectivity index (χ4v) is 2.41. The normalized spacial score (nSPS) is 11.0. The molecular weight excluding hydrogens is 268 g/mol. The van der Waals surface area contributed by atoms with Crippen molar-refractivity contribution < 1.29 is 14.4 Å². The highest BCUT2D eigenvalue weighted by molar-refractivity contribution is 6.26. The molecule has 0 atom stereocenters. The molecule has 0 bridgehead atoms. The number of ketones is 3. The van der Waals surface area contributed by atoms with E-state index in [1.165, 1.54) is 0 Å². The van der Waals surface area contributed by atoms with Gasteiger partial charge in [-0.1, -0.05) is 32.0 Å². The number of para-hydroxylation sites is 1. The summed E-state index contributed by atoms with van der Waals surface area (Å²) in [5, 5.41) is 4.88. The van der Waals surface area contributed by atoms with E-state index in [-0.39, 0.29) is 30.1 Å². The number of Topliss-reactive ketones (excluding diaryl/α,β-unsaturated/α-hetero) is 3. The average molecular weight is 286 g/mol. The quantitative estimate of drug-likeness (QED) is 0.603. The summed E-state index contributed by atoms with van der Waals surface area (Å²) in [4.78, 5) is 36.6. The Morgan fingerprint density at radius 2 is 1.67 bits per heavy atom. The number of aryl methyl sites for hydroxylation is 1. The van der Waals surface area contributed by atoms with Gasteiger partial charge in [0.15, 0.2) is 11.6 Å². The number of fused-ring (bicyclic) bond motifs is 1. The molecule has 2 aromatic rings. The first-order valence-corrected chi connectivity index (χ1v) is 7.02. The molecule has 0 amide bonds. The Balaban J connectivity index is 2.54. The van der Waals surface area contributed by atoms with Crippen LogP contribution in [0.2, 0.25) is 0 Å². The summed E-state index contributed by atoms with van der Waals surface area (Å²) in [7, 11) is 1.73. The summed E-state index contributed by atoms with van der Waals surface area (Å²) in [5.41, 5.74) is 0.995. The molecule has 0 aliphatic carbocycles. The summed E-state index contributed by atoms with van der Waals surface area (Å²) in [6.07, 6.45) is 0.319. The predicted octanol–water partition coefficient (Wildman–Crippen LogP) is 2.33. The van der Waals surface area contributed by atoms with Crippen molar-refractivity contribution in [3.63, 3.8) is 0 Å². The molecule has 0 unspecified atom stereocenters. The van der Waals surface area contributed by atoms with Crippen LogP contribution in [0.3, 0.4) is 0 Å². The van der Waals surface area contributed by atoms with Crippen LogP contribution in [0.25, 0.3) is 10.9 Å². The van der Waals surface area contributed by atoms with Crippen molar-refractivity contribution in [2.45, 2.75) is 26.7 Å². The van der Waals surface area contributed by atoms with Gasteiger partial charge in [-0.25, -0.2) is 0 Å². The lowest BCUT2D eigenvalue weighted by Gasteiger charge is -2.10. The largest absolute Gasteiger partial charge is 0.298 e. The maximum Gasteiger partial charge on any atom is 0.201 e. The second-order valence-corrected chi connectivity index (χ2v) is 4.93. The minimum atomic E-state index is -1.22. The number of benzene rings is 1. The molecular formula is C16H18N2O3. The van der Waals surface area contributed by atoms with Crippen molar-refractivity contribution >= 4 is 28.3 Å². The first-order valence-electron chi connectivity index (χ1n) is 7.02. The van der Waals surface area contributed by atoms with E-state index in [0.717, 1.165) is 5.52 Å². The van der Waals surface area contributed by atoms with Gasteiger partial charge in [0.05, 0.1) is 5.52 Å². The SMILES string of the molecule is CCC(=O)C(C(=O)CC)C(=O)c1nn(C)c2ccccc12. The molecule has 5 nitrogen and oxygen atoms in total. The van der Waals surface area contributed by atoms with E-state index in [9.17, 15) is 14.4 Å². The summed E-state index contributed by atoms with van der Waals surface area (Å²) in [5.74, 6) is -2.41. The van der Waals surface area contributed by atoms with Crippen LogP contribution in [0.4, 0.5) is 0 Å². The van der Waals surface area contributed by atoms with E-state index in [2.05, 4.69) is 5.10 Å². The number of hydrogen-bond acceptors (Lipinski definition) is 4. The topological polar surface area (TPSA) is 69.0 Å². The van der Waals surface area contributed by atoms with E-state index < -0.39 is 11.7 Å². The molecule has 21 heavy (non-hydrogen) atoms. The van der Waals surface area contributed by atoms with E-state index in [1.54, 1.807) is 37.7 Å². The lowest BCUT2D eigenvalue weighted by Crippen LogP contribution is -2.31. The van der Waals surface area contributed by atoms with Gasteiger partial charge in [0.1, 0.15) is 11.6 Å². The summed E-state index contributed by atoms with van der Waals surface area (Å²) < 4.78 is 1.59. The number of aromatic nitrogens is 2. The third-order valence-corrected chi connectivity index (χ3v) is 3.59. The number of rotatable bonds is 6. The Hall–Kier alpha value is -2.30. The first-order chi connectivity index (χ1) is 10.0. The lowest BCUT2D eigenvalue weighted by molar-refractivity contribution is -0.130. The van der Waals surface area contributed by atoms with Gasteiger partial charge in [0.2, 0.25) is 5.78 Å². The molecule has 1 aromatic heterocycles. The molecule has 0 radical (unpaired) electrons. The highest BCUT2D eigenvalue weighted by Crippen LogP contribution is 2.22. The molecule has 5 heteroatoms. The fraction of sp³-hybridized carbons (Fsp3) is 0.375. The van der Waals surface area contributed by atoms with E-state index >= 15 is 0 Å². The number of carbonyl (C=O) groups excluding carboxylic acids is 3. The Morgan fingerprint density at radius 1 is 1.10 bits per heavy atom. The van der Waals surface area contributed by atoms with Crippen LogP contribution in [0.15, 0.2) is 24.3 Å². The van der Waals surface area contributed by atoms with E-state index in [1.807, 2.05) is 12.1 Å². The zero-order valence-electron chi connectivity index (χ0n) is 12.4. The van der Waals surface area contributed by atoms with Gasteiger partial charge in [-0.05, 0) is 6.07 Å². The van der Waals surface area contributed by atoms with Gasteiger partial charge >= 0.3 is 0 Å². The minimum absolute atomic E-state index is 0.160. The second kappa shape index (κ2) is 5.99. The van der Waals surface area contributed by atoms with Gasteiger partial charge in [-0.2, -0.15) is 5.10 Å². The molecule has 0 aliphatic rings. The molecule has 0 saturated carbocycles. The number of carbonyl (C=O) groups is 3. The molecule has 0 spiro atoms. The van der Waals surface area contributed by atoms with Crippen LogP contribution >= 0.6 is 0 Å². The minimum Gasteiger partial charge on any atom is -0.298 e. The standard InChI is InChI=1S/C16H18N2O3/c1-4-12(19)14(13(20)5-2)16(21)15-10-8-6-7-9-11(10)18(3)17-15/h6-9,14H,4-5H2,1-3H3. The van der Waals surface area contributed by atoms with Crippen LogP contribution < -0.4 is 0 Å². The molecule has 0 N–H and O–H groups in total. The molecule has 0 aliphatic heterocycles. The number of nitrogens with zero attached hydrogens (tertiary/aromatic N) is 2. The smallest absolute Gasteiger partial charge is 0.201 e. The van der Waals surface area contributed by atoms with Gasteiger partial charge in [0, 0.05) is 25.3 Å². The zero-order chi connectivity index (χ0) is 15.6. The zero-order valence-corrected chi connectivity index (χ0v) is 12.4. The Kier molecular flexibility index (Phi) is 4.31.